The summed E-state index contributed by atoms with van der Waals surface area (Å²) in [6, 6.07) is 0. The zero-order valence-corrected chi connectivity index (χ0v) is 10.0. The number of aliphatic hydroxyl groups is 1. The van der Waals surface area contributed by atoms with Crippen molar-refractivity contribution in [1.82, 2.24) is 0 Å². The van der Waals surface area contributed by atoms with Crippen LogP contribution in [0.25, 0.3) is 0 Å². The Labute approximate surface area is 88.2 Å². The van der Waals surface area contributed by atoms with E-state index in [1.165, 1.54) is 5.57 Å². The maximum Gasteiger partial charge on any atom is 0.0543 e. The second-order valence-corrected chi connectivity index (χ2v) is 5.22. The topological polar surface area (TPSA) is 20.2 Å². The molecule has 2 unspecified atom stereocenters. The molecule has 1 aliphatic carbocycles. The summed E-state index contributed by atoms with van der Waals surface area (Å²) in [4.78, 5) is 0. The summed E-state index contributed by atoms with van der Waals surface area (Å²) < 4.78 is 0. The van der Waals surface area contributed by atoms with E-state index in [0.29, 0.717) is 11.3 Å². The van der Waals surface area contributed by atoms with Crippen molar-refractivity contribution in [3.8, 4) is 0 Å². The van der Waals surface area contributed by atoms with Crippen LogP contribution in [0.3, 0.4) is 0 Å². The highest BCUT2D eigenvalue weighted by Crippen LogP contribution is 2.45. The molecule has 82 valence electrons. The van der Waals surface area contributed by atoms with Crippen molar-refractivity contribution in [3.05, 3.63) is 11.6 Å². The molecule has 0 spiro atoms. The summed E-state index contributed by atoms with van der Waals surface area (Å²) in [6.45, 7) is 8.95. The molecule has 1 rings (SSSR count). The van der Waals surface area contributed by atoms with E-state index >= 15 is 0 Å². The minimum Gasteiger partial charge on any atom is -0.393 e. The molecule has 1 nitrogen and oxygen atoms in total. The summed E-state index contributed by atoms with van der Waals surface area (Å²) in [6.07, 6.45) is 6.40. The second kappa shape index (κ2) is 4.48. The van der Waals surface area contributed by atoms with Crippen molar-refractivity contribution < 1.29 is 5.11 Å². The molecule has 1 aliphatic rings. The first kappa shape index (κ1) is 11.8. The first-order chi connectivity index (χ1) is 6.48. The molecule has 1 heteroatoms. The Bertz CT molecular complexity index is 215. The van der Waals surface area contributed by atoms with Crippen LogP contribution in [-0.4, -0.2) is 11.2 Å². The fourth-order valence-corrected chi connectivity index (χ4v) is 2.37. The van der Waals surface area contributed by atoms with Gasteiger partial charge < -0.3 is 5.11 Å². The monoisotopic (exact) mass is 196 g/mol. The van der Waals surface area contributed by atoms with Crippen LogP contribution in [0.2, 0.25) is 0 Å². The highest BCUT2D eigenvalue weighted by atomic mass is 16.3. The van der Waals surface area contributed by atoms with Crippen molar-refractivity contribution in [2.24, 2.45) is 11.3 Å². The van der Waals surface area contributed by atoms with E-state index in [1.54, 1.807) is 0 Å². The normalized spacial score (nSPS) is 27.5. The molecule has 0 aliphatic heterocycles. The van der Waals surface area contributed by atoms with Crippen LogP contribution < -0.4 is 0 Å². The lowest BCUT2D eigenvalue weighted by atomic mass is 9.75. The van der Waals surface area contributed by atoms with Crippen LogP contribution in [-0.2, 0) is 0 Å². The molecule has 2 atom stereocenters. The van der Waals surface area contributed by atoms with Gasteiger partial charge in [-0.05, 0) is 37.5 Å². The van der Waals surface area contributed by atoms with Gasteiger partial charge in [0.25, 0.3) is 0 Å². The fraction of sp³-hybridized carbons (Fsp3) is 0.846. The molecule has 0 radical (unpaired) electrons. The Morgan fingerprint density at radius 2 is 2.21 bits per heavy atom. The van der Waals surface area contributed by atoms with Crippen LogP contribution >= 0.6 is 0 Å². The SMILES string of the molecule is CCCC(O)CC1CC=C(C)C1(C)C. The molecular weight excluding hydrogens is 172 g/mol. The number of aliphatic hydroxyl groups excluding tert-OH is 1. The second-order valence-electron chi connectivity index (χ2n) is 5.22. The average Bonchev–Trinajstić information content (AvgIpc) is 2.32. The van der Waals surface area contributed by atoms with E-state index in [0.717, 1.165) is 25.7 Å². The lowest BCUT2D eigenvalue weighted by Crippen LogP contribution is -2.24. The molecule has 14 heavy (non-hydrogen) atoms. The molecule has 0 heterocycles. The minimum atomic E-state index is -0.0939. The Kier molecular flexibility index (Phi) is 3.77. The highest BCUT2D eigenvalue weighted by Gasteiger charge is 2.35. The number of hydrogen-bond donors (Lipinski definition) is 1. The van der Waals surface area contributed by atoms with Crippen LogP contribution in [0.4, 0.5) is 0 Å². The van der Waals surface area contributed by atoms with Gasteiger partial charge in [0.2, 0.25) is 0 Å². The Balaban J connectivity index is 2.48. The molecule has 0 amide bonds. The molecule has 0 bridgehead atoms. The standard InChI is InChI=1S/C13H24O/c1-5-6-12(14)9-11-8-7-10(2)13(11,3)4/h7,11-12,14H,5-6,8-9H2,1-4H3. The summed E-state index contributed by atoms with van der Waals surface area (Å²) in [5.41, 5.74) is 1.79. The van der Waals surface area contributed by atoms with Gasteiger partial charge in [0.1, 0.15) is 0 Å². The van der Waals surface area contributed by atoms with Gasteiger partial charge in [-0.3, -0.25) is 0 Å². The molecule has 0 saturated carbocycles. The Morgan fingerprint density at radius 3 is 2.64 bits per heavy atom. The molecule has 0 fully saturated rings. The molecule has 0 aromatic rings. The van der Waals surface area contributed by atoms with Crippen LogP contribution in [0, 0.1) is 11.3 Å². The predicted octanol–water partition coefficient (Wildman–Crippen LogP) is 3.53. The summed E-state index contributed by atoms with van der Waals surface area (Å²) in [5.74, 6) is 0.643. The van der Waals surface area contributed by atoms with Gasteiger partial charge in [-0.2, -0.15) is 0 Å². The van der Waals surface area contributed by atoms with E-state index in [4.69, 9.17) is 0 Å². The van der Waals surface area contributed by atoms with Crippen molar-refractivity contribution in [2.45, 2.75) is 59.5 Å². The zero-order valence-electron chi connectivity index (χ0n) is 10.0. The van der Waals surface area contributed by atoms with Crippen molar-refractivity contribution in [3.63, 3.8) is 0 Å². The zero-order chi connectivity index (χ0) is 10.8. The third kappa shape index (κ3) is 2.38. The summed E-state index contributed by atoms with van der Waals surface area (Å²) in [7, 11) is 0. The third-order valence-electron chi connectivity index (χ3n) is 3.92. The molecular formula is C13H24O. The third-order valence-corrected chi connectivity index (χ3v) is 3.92. The van der Waals surface area contributed by atoms with Gasteiger partial charge in [0.05, 0.1) is 6.10 Å². The van der Waals surface area contributed by atoms with Gasteiger partial charge in [-0.25, -0.2) is 0 Å². The minimum absolute atomic E-state index is 0.0939. The Morgan fingerprint density at radius 1 is 1.57 bits per heavy atom. The lowest BCUT2D eigenvalue weighted by molar-refractivity contribution is 0.107. The van der Waals surface area contributed by atoms with Gasteiger partial charge in [0, 0.05) is 0 Å². The van der Waals surface area contributed by atoms with Gasteiger partial charge in [-0.1, -0.05) is 38.8 Å². The summed E-state index contributed by atoms with van der Waals surface area (Å²) >= 11 is 0. The van der Waals surface area contributed by atoms with Gasteiger partial charge >= 0.3 is 0 Å². The van der Waals surface area contributed by atoms with E-state index in [9.17, 15) is 5.11 Å². The quantitative estimate of drug-likeness (QED) is 0.682. The number of hydrogen-bond acceptors (Lipinski definition) is 1. The van der Waals surface area contributed by atoms with E-state index in [1.807, 2.05) is 0 Å². The number of allylic oxidation sites excluding steroid dienone is 2. The highest BCUT2D eigenvalue weighted by molar-refractivity contribution is 5.18. The summed E-state index contributed by atoms with van der Waals surface area (Å²) in [5, 5.41) is 9.80. The van der Waals surface area contributed by atoms with E-state index in [2.05, 4.69) is 33.8 Å². The number of rotatable bonds is 4. The van der Waals surface area contributed by atoms with Crippen LogP contribution in [0.5, 0.6) is 0 Å². The predicted molar refractivity (Wildman–Crippen MR) is 61.2 cm³/mol. The molecule has 0 aromatic carbocycles. The largest absolute Gasteiger partial charge is 0.393 e. The van der Waals surface area contributed by atoms with Crippen molar-refractivity contribution >= 4 is 0 Å². The van der Waals surface area contributed by atoms with Crippen LogP contribution in [0.1, 0.15) is 53.4 Å². The first-order valence-electron chi connectivity index (χ1n) is 5.83. The van der Waals surface area contributed by atoms with Crippen molar-refractivity contribution in [1.29, 1.82) is 0 Å². The smallest absolute Gasteiger partial charge is 0.0543 e. The van der Waals surface area contributed by atoms with Crippen LogP contribution in [0.15, 0.2) is 11.6 Å². The average molecular weight is 196 g/mol. The fourth-order valence-electron chi connectivity index (χ4n) is 2.37. The lowest BCUT2D eigenvalue weighted by Gasteiger charge is -2.31. The molecule has 0 saturated heterocycles. The Hall–Kier alpha value is -0.300. The first-order valence-corrected chi connectivity index (χ1v) is 5.83. The maximum absolute atomic E-state index is 9.80. The molecule has 0 aromatic heterocycles. The van der Waals surface area contributed by atoms with Crippen molar-refractivity contribution in [2.75, 3.05) is 0 Å². The van der Waals surface area contributed by atoms with E-state index < -0.39 is 0 Å². The maximum atomic E-state index is 9.80. The van der Waals surface area contributed by atoms with Gasteiger partial charge in [-0.15, -0.1) is 0 Å². The molecule has 1 N–H and O–H groups in total. The van der Waals surface area contributed by atoms with Gasteiger partial charge in [0.15, 0.2) is 0 Å². The van der Waals surface area contributed by atoms with E-state index in [-0.39, 0.29) is 6.10 Å².